The van der Waals surface area contributed by atoms with E-state index in [2.05, 4.69) is 37.5 Å². The molecule has 2 heterocycles. The van der Waals surface area contributed by atoms with Crippen LogP contribution in [0.4, 0.5) is 0 Å². The molecule has 1 unspecified atom stereocenters. The maximum absolute atomic E-state index is 9.80. The Morgan fingerprint density at radius 2 is 2.14 bits per heavy atom. The summed E-state index contributed by atoms with van der Waals surface area (Å²) < 4.78 is 8.41. The molecule has 1 aliphatic heterocycles. The quantitative estimate of drug-likeness (QED) is 0.943. The van der Waals surface area contributed by atoms with Gasteiger partial charge in [-0.2, -0.15) is 0 Å². The number of ether oxygens (including phenoxy) is 1. The van der Waals surface area contributed by atoms with Gasteiger partial charge in [0.1, 0.15) is 11.4 Å². The summed E-state index contributed by atoms with van der Waals surface area (Å²) in [5.41, 5.74) is 3.49. The molecule has 0 aliphatic carbocycles. The molecule has 1 aliphatic rings. The number of rotatable bonds is 3. The highest BCUT2D eigenvalue weighted by atomic mass is 16.5. The molecule has 0 amide bonds. The molecular formula is C17H24N2O2. The van der Waals surface area contributed by atoms with Gasteiger partial charge in [0.15, 0.2) is 0 Å². The number of hydrogen-bond acceptors (Lipinski definition) is 3. The predicted molar refractivity (Wildman–Crippen MR) is 84.8 cm³/mol. The number of aromatic hydroxyl groups is 1. The van der Waals surface area contributed by atoms with Gasteiger partial charge in [-0.1, -0.05) is 0 Å². The Morgan fingerprint density at radius 1 is 1.38 bits per heavy atom. The van der Waals surface area contributed by atoms with Gasteiger partial charge in [0.2, 0.25) is 0 Å². The van der Waals surface area contributed by atoms with Crippen molar-refractivity contribution in [3.05, 3.63) is 29.5 Å². The molecule has 21 heavy (non-hydrogen) atoms. The number of phenolic OH excluding ortho intramolecular Hbond substituents is 1. The summed E-state index contributed by atoms with van der Waals surface area (Å²) in [4.78, 5) is 2.19. The topological polar surface area (TPSA) is 37.6 Å². The Labute approximate surface area is 125 Å². The molecule has 1 aromatic heterocycles. The van der Waals surface area contributed by atoms with Crippen LogP contribution >= 0.6 is 0 Å². The minimum Gasteiger partial charge on any atom is -0.508 e. The van der Waals surface area contributed by atoms with Crippen molar-refractivity contribution >= 4 is 10.9 Å². The molecule has 0 saturated heterocycles. The first-order valence-corrected chi connectivity index (χ1v) is 7.52. The molecule has 3 rings (SSSR count). The number of benzene rings is 1. The van der Waals surface area contributed by atoms with Crippen LogP contribution in [-0.4, -0.2) is 41.8 Å². The first kappa shape index (κ1) is 14.4. The molecule has 4 heteroatoms. The van der Waals surface area contributed by atoms with Gasteiger partial charge in [-0.3, -0.25) is 0 Å². The summed E-state index contributed by atoms with van der Waals surface area (Å²) in [6.07, 6.45) is 1.87. The summed E-state index contributed by atoms with van der Waals surface area (Å²) in [7, 11) is 6.28. The lowest BCUT2D eigenvalue weighted by Gasteiger charge is -2.36. The van der Waals surface area contributed by atoms with Crippen molar-refractivity contribution in [3.63, 3.8) is 0 Å². The fourth-order valence-electron chi connectivity index (χ4n) is 3.51. The average Bonchev–Trinajstić information content (AvgIpc) is 2.71. The average molecular weight is 288 g/mol. The molecule has 1 atom stereocenters. The molecule has 0 radical (unpaired) electrons. The summed E-state index contributed by atoms with van der Waals surface area (Å²) >= 11 is 0. The second-order valence-corrected chi connectivity index (χ2v) is 6.47. The first-order valence-electron chi connectivity index (χ1n) is 7.52. The van der Waals surface area contributed by atoms with Crippen LogP contribution in [0.5, 0.6) is 5.75 Å². The molecule has 1 aromatic carbocycles. The molecule has 114 valence electrons. The van der Waals surface area contributed by atoms with Gasteiger partial charge in [0.25, 0.3) is 0 Å². The lowest BCUT2D eigenvalue weighted by atomic mass is 9.89. The lowest BCUT2D eigenvalue weighted by molar-refractivity contribution is -0.0600. The van der Waals surface area contributed by atoms with Crippen molar-refractivity contribution in [2.75, 3.05) is 27.2 Å². The van der Waals surface area contributed by atoms with E-state index < -0.39 is 0 Å². The number of hydrogen-bond donors (Lipinski definition) is 1. The third-order valence-electron chi connectivity index (χ3n) is 4.60. The van der Waals surface area contributed by atoms with Gasteiger partial charge >= 0.3 is 0 Å². The van der Waals surface area contributed by atoms with Gasteiger partial charge in [0.05, 0.1) is 12.3 Å². The van der Waals surface area contributed by atoms with Gasteiger partial charge in [0, 0.05) is 24.5 Å². The molecule has 0 fully saturated rings. The Balaban J connectivity index is 2.15. The zero-order valence-corrected chi connectivity index (χ0v) is 13.3. The zero-order chi connectivity index (χ0) is 15.2. The summed E-state index contributed by atoms with van der Waals surface area (Å²) in [6.45, 7) is 3.92. The Kier molecular flexibility index (Phi) is 3.46. The van der Waals surface area contributed by atoms with E-state index >= 15 is 0 Å². The standard InChI is InChI=1S/C17H24N2O2/c1-17(8-9-18(2)3)16-13(7-10-21-17)14-11-12(20)5-6-15(14)19(16)4/h5-6,11,20H,7-10H2,1-4H3. The number of aryl methyl sites for hydroxylation is 1. The van der Waals surface area contributed by atoms with E-state index in [-0.39, 0.29) is 5.60 Å². The van der Waals surface area contributed by atoms with Gasteiger partial charge in [-0.05, 0) is 57.6 Å². The lowest BCUT2D eigenvalue weighted by Crippen LogP contribution is -2.37. The predicted octanol–water partition coefficient (Wildman–Crippen LogP) is 2.62. The van der Waals surface area contributed by atoms with Crippen molar-refractivity contribution in [2.24, 2.45) is 7.05 Å². The van der Waals surface area contributed by atoms with Crippen molar-refractivity contribution in [2.45, 2.75) is 25.4 Å². The molecule has 0 saturated carbocycles. The maximum atomic E-state index is 9.80. The van der Waals surface area contributed by atoms with E-state index in [1.165, 1.54) is 16.8 Å². The van der Waals surface area contributed by atoms with Crippen LogP contribution in [0.25, 0.3) is 10.9 Å². The fourth-order valence-corrected chi connectivity index (χ4v) is 3.51. The van der Waals surface area contributed by atoms with E-state index in [1.807, 2.05) is 12.1 Å². The van der Waals surface area contributed by atoms with Crippen LogP contribution in [0.3, 0.4) is 0 Å². The Bertz CT molecular complexity index is 675. The van der Waals surface area contributed by atoms with Crippen molar-refractivity contribution < 1.29 is 9.84 Å². The molecule has 0 bridgehead atoms. The highest BCUT2D eigenvalue weighted by Gasteiger charge is 2.37. The summed E-state index contributed by atoms with van der Waals surface area (Å²) in [6, 6.07) is 5.63. The van der Waals surface area contributed by atoms with Crippen molar-refractivity contribution in [1.29, 1.82) is 0 Å². The van der Waals surface area contributed by atoms with Crippen molar-refractivity contribution in [3.8, 4) is 5.75 Å². The van der Waals surface area contributed by atoms with E-state index in [4.69, 9.17) is 4.74 Å². The molecule has 2 aromatic rings. The summed E-state index contributed by atoms with van der Waals surface area (Å²) in [5.74, 6) is 0.331. The largest absolute Gasteiger partial charge is 0.508 e. The Morgan fingerprint density at radius 3 is 2.86 bits per heavy atom. The molecule has 4 nitrogen and oxygen atoms in total. The van der Waals surface area contributed by atoms with E-state index in [0.29, 0.717) is 5.75 Å². The maximum Gasteiger partial charge on any atom is 0.116 e. The SMILES string of the molecule is CN(C)CCC1(C)OCCc2c1n(C)c1ccc(O)cc21. The van der Waals surface area contributed by atoms with Crippen LogP contribution in [-0.2, 0) is 23.8 Å². The monoisotopic (exact) mass is 288 g/mol. The van der Waals surface area contributed by atoms with E-state index in [9.17, 15) is 5.11 Å². The zero-order valence-electron chi connectivity index (χ0n) is 13.3. The number of phenols is 1. The third-order valence-corrected chi connectivity index (χ3v) is 4.60. The first-order chi connectivity index (χ1) is 9.92. The molecule has 0 spiro atoms. The van der Waals surface area contributed by atoms with Gasteiger partial charge < -0.3 is 19.3 Å². The van der Waals surface area contributed by atoms with Crippen LogP contribution in [0.15, 0.2) is 18.2 Å². The smallest absolute Gasteiger partial charge is 0.116 e. The second-order valence-electron chi connectivity index (χ2n) is 6.47. The number of fused-ring (bicyclic) bond motifs is 3. The van der Waals surface area contributed by atoms with Crippen LogP contribution in [0.1, 0.15) is 24.6 Å². The number of nitrogens with zero attached hydrogens (tertiary/aromatic N) is 2. The van der Waals surface area contributed by atoms with Crippen molar-refractivity contribution in [1.82, 2.24) is 9.47 Å². The van der Waals surface area contributed by atoms with E-state index in [0.717, 1.165) is 31.4 Å². The van der Waals surface area contributed by atoms with Crippen LogP contribution < -0.4 is 0 Å². The highest BCUT2D eigenvalue weighted by molar-refractivity contribution is 5.87. The Hall–Kier alpha value is -1.52. The third kappa shape index (κ3) is 2.32. The van der Waals surface area contributed by atoms with Gasteiger partial charge in [-0.25, -0.2) is 0 Å². The van der Waals surface area contributed by atoms with Gasteiger partial charge in [-0.15, -0.1) is 0 Å². The minimum absolute atomic E-state index is 0.263. The minimum atomic E-state index is -0.263. The second kappa shape index (κ2) is 5.04. The normalized spacial score (nSPS) is 22.0. The highest BCUT2D eigenvalue weighted by Crippen LogP contribution is 2.41. The number of aromatic nitrogens is 1. The van der Waals surface area contributed by atoms with Crippen LogP contribution in [0.2, 0.25) is 0 Å². The van der Waals surface area contributed by atoms with E-state index in [1.54, 1.807) is 6.07 Å². The molecule has 1 N–H and O–H groups in total. The van der Waals surface area contributed by atoms with Crippen LogP contribution in [0, 0.1) is 0 Å². The summed E-state index contributed by atoms with van der Waals surface area (Å²) in [5, 5.41) is 11.0. The fraction of sp³-hybridized carbons (Fsp3) is 0.529. The molecular weight excluding hydrogens is 264 g/mol.